The van der Waals surface area contributed by atoms with Crippen LogP contribution in [0.15, 0.2) is 30.5 Å². The molecular weight excluding hydrogens is 1100 g/mol. The van der Waals surface area contributed by atoms with Gasteiger partial charge in [-0.3, -0.25) is 57.5 Å². The van der Waals surface area contributed by atoms with Crippen LogP contribution in [0, 0.1) is 5.92 Å². The second-order valence-corrected chi connectivity index (χ2v) is 21.5. The van der Waals surface area contributed by atoms with Crippen LogP contribution < -0.4 is 70.0 Å². The Labute approximate surface area is 466 Å². The fraction of sp³-hybridized carbons (Fsp3) is 0.574. The molecule has 1 aromatic carbocycles. The highest BCUT2D eigenvalue weighted by molar-refractivity contribution is 8.76. The number of hydrogen-bond acceptors (Lipinski definition) is 20. The maximum Gasteiger partial charge on any atom is 0.245 e. The average Bonchev–Trinajstić information content (AvgIpc) is 3.81. The summed E-state index contributed by atoms with van der Waals surface area (Å²) < 4.78 is 0. The zero-order valence-corrected chi connectivity index (χ0v) is 46.2. The Balaban J connectivity index is 2.04. The summed E-state index contributed by atoms with van der Waals surface area (Å²) in [7, 11) is 1.79. The standard InChI is InChI=1S/C47H72N14O17S2/c1-19(2)34-45(76)61-36(22(5)65)46(77)53-20(3)38(69)55-28(11-24-12-50-27-10-8-7-9-25(24)27)41(72)59-37(23(6)66)47(78)60-35(21(4)64)44(75)52-14-33(68)54-31(40(71)51-13-32(49)67)18-80-79-17-26(48)39(70)56-29(15-62)42(73)57-30(16-63)43(74)58-34/h7-10,12,19-23,26,28-31,34-37,50,62-66H,11,13-18,48H2,1-6H3,(H2,49,67)(H,51,71)(H,52,75)(H,53,77)(H,54,68)(H,55,69)(H,56,70)(H,57,73)(H,58,74)(H,59,72)(H,60,78)(H,61,76)/t20-,21+,22+,23+,26-,28-,29-,30-,31-,34-,35-,36-,37-/m0/s1. The highest BCUT2D eigenvalue weighted by atomic mass is 33.1. The smallest absolute Gasteiger partial charge is 0.245 e. The van der Waals surface area contributed by atoms with Crippen LogP contribution in [0.4, 0.5) is 0 Å². The monoisotopic (exact) mass is 1170 g/mol. The first kappa shape index (κ1) is 67.1. The molecule has 1 aromatic heterocycles. The fourth-order valence-electron chi connectivity index (χ4n) is 7.40. The number of aliphatic hydroxyl groups excluding tert-OH is 5. The van der Waals surface area contributed by atoms with Crippen molar-refractivity contribution in [1.29, 1.82) is 0 Å². The molecule has 2 aromatic rings. The number of aromatic amines is 1. The van der Waals surface area contributed by atoms with E-state index in [0.29, 0.717) is 16.5 Å². The number of hydrogen-bond donors (Lipinski definition) is 19. The van der Waals surface area contributed by atoms with Gasteiger partial charge in [-0.2, -0.15) is 0 Å². The number of carbonyl (C=O) groups excluding carboxylic acids is 12. The number of benzene rings is 1. The molecule has 2 heterocycles. The number of rotatable bonds is 11. The third kappa shape index (κ3) is 20.5. The molecule has 0 saturated carbocycles. The molecule has 0 radical (unpaired) electrons. The van der Waals surface area contributed by atoms with Crippen molar-refractivity contribution in [2.24, 2.45) is 17.4 Å². The summed E-state index contributed by atoms with van der Waals surface area (Å²) in [6.07, 6.45) is -3.76. The normalized spacial score (nSPS) is 27.1. The Morgan fingerprint density at radius 2 is 1.09 bits per heavy atom. The van der Waals surface area contributed by atoms with Gasteiger partial charge in [0.2, 0.25) is 70.9 Å². The van der Waals surface area contributed by atoms with Crippen LogP contribution in [0.3, 0.4) is 0 Å². The lowest BCUT2D eigenvalue weighted by Gasteiger charge is -2.29. The largest absolute Gasteiger partial charge is 0.394 e. The van der Waals surface area contributed by atoms with Crippen molar-refractivity contribution in [3.8, 4) is 0 Å². The van der Waals surface area contributed by atoms with Crippen LogP contribution in [0.5, 0.6) is 0 Å². The number of nitrogens with one attached hydrogen (secondary N) is 12. The molecule has 80 heavy (non-hydrogen) atoms. The summed E-state index contributed by atoms with van der Waals surface area (Å²) in [5.74, 6) is -14.1. The zero-order chi connectivity index (χ0) is 60.1. The third-order valence-corrected chi connectivity index (χ3v) is 14.4. The molecule has 1 aliphatic heterocycles. The van der Waals surface area contributed by atoms with Crippen molar-refractivity contribution < 1.29 is 83.1 Å². The molecule has 12 amide bonds. The first-order valence-electron chi connectivity index (χ1n) is 25.0. The van der Waals surface area contributed by atoms with E-state index in [1.807, 2.05) is 0 Å². The minimum Gasteiger partial charge on any atom is -0.394 e. The van der Waals surface area contributed by atoms with Crippen molar-refractivity contribution in [3.05, 3.63) is 36.0 Å². The summed E-state index contributed by atoms with van der Waals surface area (Å²) in [6.45, 7) is 3.90. The van der Waals surface area contributed by atoms with Gasteiger partial charge in [-0.1, -0.05) is 53.6 Å². The van der Waals surface area contributed by atoms with Crippen molar-refractivity contribution in [1.82, 2.24) is 63.5 Å². The van der Waals surface area contributed by atoms with E-state index in [-0.39, 0.29) is 17.9 Å². The van der Waals surface area contributed by atoms with Gasteiger partial charge < -0.3 is 100 Å². The Hall–Kier alpha value is -7.14. The van der Waals surface area contributed by atoms with Crippen molar-refractivity contribution in [3.63, 3.8) is 0 Å². The highest BCUT2D eigenvalue weighted by Crippen LogP contribution is 2.23. The molecular formula is C47H72N14O17S2. The van der Waals surface area contributed by atoms with Crippen LogP contribution >= 0.6 is 21.6 Å². The Morgan fingerprint density at radius 1 is 0.613 bits per heavy atom. The summed E-state index contributed by atoms with van der Waals surface area (Å²) in [5.41, 5.74) is 12.3. The first-order chi connectivity index (χ1) is 37.6. The van der Waals surface area contributed by atoms with E-state index >= 15 is 0 Å². The SMILES string of the molecule is CC(C)[C@@H]1NC(=O)[C@H](CO)NC(=O)[C@H](CO)NC(=O)[C@@H](N)CSSC[C@@H](C(=O)NCC(N)=O)NC(=O)CNC(=O)[C@H]([C@@H](C)O)NC(=O)[C@H]([C@@H](C)O)NC(=O)[C@H](Cc2c[nH]c3ccccc23)NC(=O)[C@H](C)NC(=O)[C@H]([C@@H](C)O)NC1=O. The number of nitrogens with two attached hydrogens (primary N) is 2. The minimum absolute atomic E-state index is 0.223. The van der Waals surface area contributed by atoms with E-state index in [4.69, 9.17) is 11.5 Å². The van der Waals surface area contributed by atoms with E-state index in [1.54, 1.807) is 30.5 Å². The third-order valence-electron chi connectivity index (χ3n) is 12.0. The number of aliphatic hydroxyl groups is 5. The predicted molar refractivity (Wildman–Crippen MR) is 287 cm³/mol. The molecule has 13 atom stereocenters. The van der Waals surface area contributed by atoms with Gasteiger partial charge in [0.25, 0.3) is 0 Å². The van der Waals surface area contributed by atoms with Gasteiger partial charge in [0.15, 0.2) is 0 Å². The number of primary amides is 1. The maximum absolute atomic E-state index is 14.2. The predicted octanol–water partition coefficient (Wildman–Crippen LogP) is -8.68. The maximum atomic E-state index is 14.2. The van der Waals surface area contributed by atoms with E-state index < -0.39 is 182 Å². The number of amides is 12. The second-order valence-electron chi connectivity index (χ2n) is 19.0. The van der Waals surface area contributed by atoms with Gasteiger partial charge in [-0.05, 0) is 45.2 Å². The molecule has 0 unspecified atom stereocenters. The van der Waals surface area contributed by atoms with Crippen molar-refractivity contribution >= 4 is 103 Å². The Kier molecular flexibility index (Phi) is 27.0. The van der Waals surface area contributed by atoms with E-state index in [9.17, 15) is 83.1 Å². The average molecular weight is 1170 g/mol. The molecule has 1 saturated heterocycles. The van der Waals surface area contributed by atoms with Gasteiger partial charge in [-0.15, -0.1) is 0 Å². The lowest BCUT2D eigenvalue weighted by atomic mass is 10.0. The number of carbonyl (C=O) groups is 12. The molecule has 1 aliphatic rings. The highest BCUT2D eigenvalue weighted by Gasteiger charge is 2.38. The summed E-state index contributed by atoms with van der Waals surface area (Å²) in [6, 6.07) is -9.64. The van der Waals surface area contributed by atoms with Crippen LogP contribution in [-0.4, -0.2) is 218 Å². The summed E-state index contributed by atoms with van der Waals surface area (Å²) >= 11 is 0. The Bertz CT molecular complexity index is 2550. The topological polar surface area (TPSA) is 506 Å². The zero-order valence-electron chi connectivity index (χ0n) is 44.5. The van der Waals surface area contributed by atoms with Crippen molar-refractivity contribution in [2.75, 3.05) is 37.8 Å². The summed E-state index contributed by atoms with van der Waals surface area (Å²) in [5, 5.41) is 78.1. The minimum atomic E-state index is -1.88. The molecule has 33 heteroatoms. The van der Waals surface area contributed by atoms with Crippen molar-refractivity contribution in [2.45, 2.75) is 127 Å². The van der Waals surface area contributed by atoms with E-state index in [1.165, 1.54) is 20.8 Å². The lowest BCUT2D eigenvalue weighted by Crippen LogP contribution is -2.63. The van der Waals surface area contributed by atoms with Crippen LogP contribution in [0.2, 0.25) is 0 Å². The van der Waals surface area contributed by atoms with Crippen LogP contribution in [0.1, 0.15) is 47.1 Å². The second kappa shape index (κ2) is 32.2. The van der Waals surface area contributed by atoms with Gasteiger partial charge in [0, 0.05) is 35.0 Å². The quantitative estimate of drug-likeness (QED) is 0.0929. The number of aromatic nitrogens is 1. The molecule has 3 rings (SSSR count). The first-order valence-corrected chi connectivity index (χ1v) is 27.5. The van der Waals surface area contributed by atoms with Gasteiger partial charge in [-0.25, -0.2) is 0 Å². The summed E-state index contributed by atoms with van der Waals surface area (Å²) in [4.78, 5) is 163. The fourth-order valence-corrected chi connectivity index (χ4v) is 9.68. The molecule has 0 spiro atoms. The number of para-hydroxylation sites is 1. The Morgan fingerprint density at radius 3 is 1.65 bits per heavy atom. The van der Waals surface area contributed by atoms with Gasteiger partial charge >= 0.3 is 0 Å². The molecule has 444 valence electrons. The van der Waals surface area contributed by atoms with Gasteiger partial charge in [0.05, 0.1) is 50.7 Å². The molecule has 0 aliphatic carbocycles. The van der Waals surface area contributed by atoms with E-state index in [0.717, 1.165) is 42.4 Å². The van der Waals surface area contributed by atoms with Crippen LogP contribution in [0.25, 0.3) is 10.9 Å². The molecule has 0 bridgehead atoms. The van der Waals surface area contributed by atoms with Crippen LogP contribution in [-0.2, 0) is 64.0 Å². The molecule has 31 nitrogen and oxygen atoms in total. The van der Waals surface area contributed by atoms with E-state index in [2.05, 4.69) is 63.5 Å². The number of H-pyrrole nitrogens is 1. The molecule has 1 fully saturated rings. The van der Waals surface area contributed by atoms with Gasteiger partial charge in [0.1, 0.15) is 54.4 Å². The lowest BCUT2D eigenvalue weighted by molar-refractivity contribution is -0.138. The number of fused-ring (bicyclic) bond motifs is 1. The molecule has 21 N–H and O–H groups in total.